The predicted octanol–water partition coefficient (Wildman–Crippen LogP) is -56.8. The molecule has 0 aromatic heterocycles. The Morgan fingerprint density at radius 1 is 0.136 bits per heavy atom. The van der Waals surface area contributed by atoms with Gasteiger partial charge in [0.15, 0.2) is 0 Å². The zero-order chi connectivity index (χ0) is 0. The van der Waals surface area contributed by atoms with Gasteiger partial charge < -0.3 is 28.5 Å². The molecule has 0 saturated heterocycles. The maximum atomic E-state index is 0. The Morgan fingerprint density at radius 2 is 0.136 bits per heavy atom. The Bertz CT molecular complexity index is 51.6. The molecule has 0 aromatic carbocycles. The van der Waals surface area contributed by atoms with Gasteiger partial charge in [0.1, 0.15) is 0 Å². The molecular weight excluding hydrogens is 531 g/mol. The van der Waals surface area contributed by atoms with Crippen molar-refractivity contribution in [2.45, 2.75) is 0 Å². The van der Waals surface area contributed by atoms with Crippen LogP contribution in [0.15, 0.2) is 0 Å². The fourth-order valence-electron chi connectivity index (χ4n) is 0. The zero-order valence-corrected chi connectivity index (χ0v) is 62.4. The summed E-state index contributed by atoms with van der Waals surface area (Å²) in [5.74, 6) is 0. The molecule has 0 saturated carbocycles. The largest absolute Gasteiger partial charge is 1.00 e. The van der Waals surface area contributed by atoms with Crippen LogP contribution in [-0.2, 0) is 0 Å². The van der Waals surface area contributed by atoms with Gasteiger partial charge in [-0.15, -0.1) is 24.8 Å². The van der Waals surface area contributed by atoms with Crippen LogP contribution >= 0.6 is 24.8 Å². The predicted molar refractivity (Wildman–Crippen MR) is 36.7 cm³/mol. The molecule has 56 valence electrons. The second-order valence-corrected chi connectivity index (χ2v) is 0. The van der Waals surface area contributed by atoms with Crippen molar-refractivity contribution in [3.8, 4) is 0 Å². The summed E-state index contributed by atoms with van der Waals surface area (Å²) in [5.41, 5.74) is 0. The van der Waals surface area contributed by atoms with E-state index in [1.165, 1.54) is 0 Å². The third-order valence-corrected chi connectivity index (χ3v) is 0. The monoisotopic (exact) mass is 552 g/mol. The average Bonchev–Trinajstić information content (AvgIpc) is 0. The van der Waals surface area contributed by atoms with Gasteiger partial charge in [0.25, 0.3) is 0 Å². The van der Waals surface area contributed by atoms with Crippen molar-refractivity contribution in [3.63, 3.8) is 0 Å². The van der Waals surface area contributed by atoms with E-state index in [1.54, 1.807) is 0 Å². The molecule has 22 heteroatoms. The molecule has 0 N–H and O–H groups in total. The van der Waals surface area contributed by atoms with Crippen LogP contribution in [0.3, 0.4) is 0 Å². The molecule has 0 aromatic rings. The van der Waals surface area contributed by atoms with Crippen LogP contribution < -0.4 is 591 Å². The Morgan fingerprint density at radius 3 is 0.136 bits per heavy atom. The second-order valence-electron chi connectivity index (χ2n) is 0. The molecule has 0 aliphatic heterocycles. The quantitative estimate of drug-likeness (QED) is 0.262. The average molecular weight is 553 g/mol. The zero-order valence-electron chi connectivity index (χ0n) is 40.8. The van der Waals surface area contributed by atoms with Gasteiger partial charge >= 0.3 is 591 Å². The van der Waals surface area contributed by atoms with Crippen LogP contribution in [0.2, 0.25) is 0 Å². The van der Waals surface area contributed by atoms with Crippen LogP contribution in [0, 0.1) is 0 Å². The van der Waals surface area contributed by atoms with Gasteiger partial charge in [-0.2, -0.15) is 0 Å². The van der Waals surface area contributed by atoms with Gasteiger partial charge in [0, 0.05) is 0 Å². The number of hydrogen-bond acceptors (Lipinski definition) is 0. The van der Waals surface area contributed by atoms with E-state index in [-0.39, 0.29) is 644 Å². The van der Waals surface area contributed by atoms with Crippen LogP contribution in [0.4, 0.5) is 0 Å². The maximum Gasteiger partial charge on any atom is 1.00 e. The molecule has 22 heavy (non-hydrogen) atoms. The number of hydrogen-bond donors (Lipinski definition) is 0. The fraction of sp³-hybridized carbons (Fsp3) is 0. The number of rotatable bonds is 0. The summed E-state index contributed by atoms with van der Waals surface area (Å²) < 4.78 is 0. The van der Waals surface area contributed by atoms with Gasteiger partial charge in [-0.3, -0.25) is 0 Å². The van der Waals surface area contributed by atoms with Crippen molar-refractivity contribution < 1.29 is 620 Å². The summed E-state index contributed by atoms with van der Waals surface area (Å²) in [6.45, 7) is 0. The summed E-state index contributed by atoms with van der Waals surface area (Å²) in [7, 11) is 0. The van der Waals surface area contributed by atoms with E-state index in [0.717, 1.165) is 0 Å². The molecule has 0 unspecified atom stereocenters. The SMILES string of the molecule is Cl.Cl.[H-].[H-].[H-].[H-].[H-].[H-].[H-].[H-].[H-].[H-].[H-].[H-].[H-].[H-].[H-].[H-].[H-].[H-].[H-].[H-].[Na+].[Na+].[Na+].[Na+].[Na+].[Na+].[Na+].[Na+].[Na+].[Na+].[Na+].[Na+].[Na+].[Na+].[Na+].[Na+].[Na+].[Na+].[Na+].[Na+]. The first kappa shape index (κ1) is 174. The molecule has 0 radical (unpaired) electrons. The van der Waals surface area contributed by atoms with Crippen molar-refractivity contribution in [3.05, 3.63) is 0 Å². The van der Waals surface area contributed by atoms with Crippen molar-refractivity contribution in [2.75, 3.05) is 0 Å². The fourth-order valence-corrected chi connectivity index (χ4v) is 0. The topological polar surface area (TPSA) is 0 Å². The van der Waals surface area contributed by atoms with Crippen LogP contribution in [0.25, 0.3) is 0 Å². The first-order valence-electron chi connectivity index (χ1n) is 0. The Hall–Kier alpha value is 20.6. The van der Waals surface area contributed by atoms with Gasteiger partial charge in [0.05, 0.1) is 0 Å². The Kier molecular flexibility index (Phi) is 1280. The first-order chi connectivity index (χ1) is 0. The van der Waals surface area contributed by atoms with E-state index in [9.17, 15) is 0 Å². The van der Waals surface area contributed by atoms with Crippen molar-refractivity contribution in [2.24, 2.45) is 0 Å². The smallest absolute Gasteiger partial charge is 1.00 e. The summed E-state index contributed by atoms with van der Waals surface area (Å²) in [6.07, 6.45) is 0. The Balaban J connectivity index is 0. The minimum Gasteiger partial charge on any atom is -1.00 e. The first-order valence-corrected chi connectivity index (χ1v) is 0. The molecule has 0 aliphatic rings. The van der Waals surface area contributed by atoms with E-state index >= 15 is 0 Å². The molecule has 0 fully saturated rings. The third-order valence-electron chi connectivity index (χ3n) is 0. The second kappa shape index (κ2) is 162. The molecule has 0 aliphatic carbocycles. The minimum absolute atomic E-state index is 0. The minimum atomic E-state index is 0. The van der Waals surface area contributed by atoms with Crippen LogP contribution in [-0.4, -0.2) is 0 Å². The summed E-state index contributed by atoms with van der Waals surface area (Å²) in [4.78, 5) is 0. The van der Waals surface area contributed by atoms with E-state index in [4.69, 9.17) is 0 Å². The standard InChI is InChI=1S/2ClH.20Na.20H/h2*1H;;;;;;;;;;;;;;;;;;;;;;;;;;;;;;;;;;;;;;;;/q;;20*+1;20*-1. The molecule has 0 nitrogen and oxygen atoms in total. The molecule has 0 atom stereocenters. The van der Waals surface area contributed by atoms with Gasteiger partial charge in [-0.05, 0) is 0 Å². The van der Waals surface area contributed by atoms with E-state index in [1.807, 2.05) is 0 Å². The maximum absolute atomic E-state index is 0. The van der Waals surface area contributed by atoms with Gasteiger partial charge in [-0.1, -0.05) is 0 Å². The van der Waals surface area contributed by atoms with E-state index in [2.05, 4.69) is 0 Å². The van der Waals surface area contributed by atoms with Crippen molar-refractivity contribution in [1.82, 2.24) is 0 Å². The third kappa shape index (κ3) is 150. The molecule has 0 spiro atoms. The normalized spacial score (nSPS) is 0. The molecular formula is H22Cl2Na20. The molecule has 0 rings (SSSR count). The summed E-state index contributed by atoms with van der Waals surface area (Å²) >= 11 is 0. The van der Waals surface area contributed by atoms with Gasteiger partial charge in [0.2, 0.25) is 0 Å². The van der Waals surface area contributed by atoms with E-state index in [0.29, 0.717) is 0 Å². The Labute approximate surface area is 624 Å². The van der Waals surface area contributed by atoms with Crippen LogP contribution in [0.5, 0.6) is 0 Å². The van der Waals surface area contributed by atoms with E-state index < -0.39 is 0 Å². The summed E-state index contributed by atoms with van der Waals surface area (Å²) in [5, 5.41) is 0. The van der Waals surface area contributed by atoms with Crippen molar-refractivity contribution in [1.29, 1.82) is 0 Å². The molecule has 0 heterocycles. The van der Waals surface area contributed by atoms with Crippen LogP contribution in [0.1, 0.15) is 28.5 Å². The number of halogens is 2. The summed E-state index contributed by atoms with van der Waals surface area (Å²) in [6, 6.07) is 0. The molecule has 0 amide bonds. The molecule has 0 bridgehead atoms. The van der Waals surface area contributed by atoms with Crippen molar-refractivity contribution >= 4 is 24.8 Å². The van der Waals surface area contributed by atoms with Gasteiger partial charge in [-0.25, -0.2) is 0 Å².